The van der Waals surface area contributed by atoms with Crippen LogP contribution >= 0.6 is 0 Å². The van der Waals surface area contributed by atoms with Gasteiger partial charge in [-0.05, 0) is 42.7 Å². The molecule has 0 spiro atoms. The van der Waals surface area contributed by atoms with E-state index in [0.717, 1.165) is 37.2 Å². The van der Waals surface area contributed by atoms with Gasteiger partial charge in [-0.3, -0.25) is 9.78 Å². The van der Waals surface area contributed by atoms with Gasteiger partial charge < -0.3 is 10.2 Å². The zero-order valence-electron chi connectivity index (χ0n) is 13.8. The Labute approximate surface area is 137 Å². The first-order chi connectivity index (χ1) is 11.2. The van der Waals surface area contributed by atoms with Gasteiger partial charge in [0.25, 0.3) is 5.91 Å². The van der Waals surface area contributed by atoms with Gasteiger partial charge in [0.1, 0.15) is 5.69 Å². The summed E-state index contributed by atoms with van der Waals surface area (Å²) in [6.07, 6.45) is 7.17. The first-order valence-corrected chi connectivity index (χ1v) is 8.12. The SMILES string of the molecule is CCCN(CCC)C(=O)c1ccc(NCc2ccncc2)cn1. The second-order valence-electron chi connectivity index (χ2n) is 5.43. The predicted molar refractivity (Wildman–Crippen MR) is 92.3 cm³/mol. The van der Waals surface area contributed by atoms with Crippen LogP contribution in [-0.2, 0) is 6.54 Å². The molecule has 122 valence electrons. The number of nitrogens with zero attached hydrogens (tertiary/aromatic N) is 3. The highest BCUT2D eigenvalue weighted by atomic mass is 16.2. The van der Waals surface area contributed by atoms with Gasteiger partial charge in [0.05, 0.1) is 11.9 Å². The Hall–Kier alpha value is -2.43. The highest BCUT2D eigenvalue weighted by Crippen LogP contribution is 2.10. The van der Waals surface area contributed by atoms with Crippen LogP contribution in [-0.4, -0.2) is 33.9 Å². The number of pyridine rings is 2. The molecule has 0 saturated carbocycles. The fourth-order valence-corrected chi connectivity index (χ4v) is 2.35. The molecule has 5 nitrogen and oxygen atoms in total. The fourth-order valence-electron chi connectivity index (χ4n) is 2.35. The van der Waals surface area contributed by atoms with Crippen LogP contribution in [0.15, 0.2) is 42.9 Å². The molecule has 0 unspecified atom stereocenters. The van der Waals surface area contributed by atoms with E-state index < -0.39 is 0 Å². The minimum Gasteiger partial charge on any atom is -0.380 e. The molecule has 2 rings (SSSR count). The smallest absolute Gasteiger partial charge is 0.272 e. The maximum Gasteiger partial charge on any atom is 0.272 e. The predicted octanol–water partition coefficient (Wildman–Crippen LogP) is 3.35. The summed E-state index contributed by atoms with van der Waals surface area (Å²) in [7, 11) is 0. The lowest BCUT2D eigenvalue weighted by Gasteiger charge is -2.21. The van der Waals surface area contributed by atoms with Crippen molar-refractivity contribution in [3.05, 3.63) is 54.1 Å². The average molecular weight is 312 g/mol. The summed E-state index contributed by atoms with van der Waals surface area (Å²) in [5.74, 6) is 0.00869. The van der Waals surface area contributed by atoms with Crippen molar-refractivity contribution in [2.24, 2.45) is 0 Å². The van der Waals surface area contributed by atoms with E-state index in [0.29, 0.717) is 12.2 Å². The summed E-state index contributed by atoms with van der Waals surface area (Å²) < 4.78 is 0. The van der Waals surface area contributed by atoms with Crippen molar-refractivity contribution < 1.29 is 4.79 Å². The molecule has 2 aromatic heterocycles. The Balaban J connectivity index is 1.96. The van der Waals surface area contributed by atoms with Crippen LogP contribution in [0.1, 0.15) is 42.7 Å². The summed E-state index contributed by atoms with van der Waals surface area (Å²) >= 11 is 0. The van der Waals surface area contributed by atoms with Gasteiger partial charge in [0.2, 0.25) is 0 Å². The standard InChI is InChI=1S/C18H24N4O/c1-3-11-22(12-4-2)18(23)17-6-5-16(14-21-17)20-13-15-7-9-19-10-8-15/h5-10,14,20H,3-4,11-13H2,1-2H3. The summed E-state index contributed by atoms with van der Waals surface area (Å²) in [5.41, 5.74) is 2.55. The molecular weight excluding hydrogens is 288 g/mol. The number of aromatic nitrogens is 2. The molecule has 1 N–H and O–H groups in total. The first kappa shape index (κ1) is 16.9. The number of nitrogens with one attached hydrogen (secondary N) is 1. The van der Waals surface area contributed by atoms with Crippen LogP contribution in [0.5, 0.6) is 0 Å². The molecule has 0 aliphatic heterocycles. The number of anilines is 1. The highest BCUT2D eigenvalue weighted by molar-refractivity contribution is 5.92. The number of hydrogen-bond acceptors (Lipinski definition) is 4. The van der Waals surface area contributed by atoms with E-state index in [9.17, 15) is 4.79 Å². The molecule has 0 atom stereocenters. The molecular formula is C18H24N4O. The Bertz CT molecular complexity index is 592. The van der Waals surface area contributed by atoms with Crippen LogP contribution in [0.3, 0.4) is 0 Å². The Kier molecular flexibility index (Phi) is 6.54. The van der Waals surface area contributed by atoms with Crippen LogP contribution in [0.25, 0.3) is 0 Å². The Morgan fingerprint density at radius 2 is 1.78 bits per heavy atom. The highest BCUT2D eigenvalue weighted by Gasteiger charge is 2.15. The van der Waals surface area contributed by atoms with Gasteiger partial charge in [0, 0.05) is 32.0 Å². The number of rotatable bonds is 8. The fraction of sp³-hybridized carbons (Fsp3) is 0.389. The number of carbonyl (C=O) groups excluding carboxylic acids is 1. The average Bonchev–Trinajstić information content (AvgIpc) is 2.60. The zero-order valence-corrected chi connectivity index (χ0v) is 13.8. The molecule has 23 heavy (non-hydrogen) atoms. The lowest BCUT2D eigenvalue weighted by Crippen LogP contribution is -2.33. The summed E-state index contributed by atoms with van der Waals surface area (Å²) in [5, 5.41) is 3.29. The zero-order chi connectivity index (χ0) is 16.5. The minimum atomic E-state index is 0.00869. The lowest BCUT2D eigenvalue weighted by atomic mass is 10.2. The van der Waals surface area contributed by atoms with Gasteiger partial charge in [-0.1, -0.05) is 13.8 Å². The molecule has 0 fully saturated rings. The van der Waals surface area contributed by atoms with E-state index in [1.165, 1.54) is 0 Å². The molecule has 1 amide bonds. The molecule has 2 heterocycles. The molecule has 0 saturated heterocycles. The van der Waals surface area contributed by atoms with E-state index in [4.69, 9.17) is 0 Å². The summed E-state index contributed by atoms with van der Waals surface area (Å²) in [4.78, 5) is 22.6. The topological polar surface area (TPSA) is 58.1 Å². The maximum atomic E-state index is 12.5. The third kappa shape index (κ3) is 5.06. The number of amides is 1. The van der Waals surface area contributed by atoms with Gasteiger partial charge >= 0.3 is 0 Å². The van der Waals surface area contributed by atoms with Gasteiger partial charge in [0.15, 0.2) is 0 Å². The second kappa shape index (κ2) is 8.88. The van der Waals surface area contributed by atoms with Crippen molar-refractivity contribution in [2.75, 3.05) is 18.4 Å². The van der Waals surface area contributed by atoms with Crippen molar-refractivity contribution in [3.63, 3.8) is 0 Å². The molecule has 0 aliphatic rings. The monoisotopic (exact) mass is 312 g/mol. The molecule has 0 bridgehead atoms. The number of carbonyl (C=O) groups is 1. The van der Waals surface area contributed by atoms with Crippen LogP contribution in [0.4, 0.5) is 5.69 Å². The minimum absolute atomic E-state index is 0.00869. The Morgan fingerprint density at radius 3 is 2.35 bits per heavy atom. The van der Waals surface area contributed by atoms with Crippen molar-refractivity contribution in [2.45, 2.75) is 33.2 Å². The van der Waals surface area contributed by atoms with E-state index in [1.807, 2.05) is 23.1 Å². The maximum absolute atomic E-state index is 12.5. The third-order valence-electron chi connectivity index (χ3n) is 3.50. The molecule has 0 aliphatic carbocycles. The van der Waals surface area contributed by atoms with E-state index in [1.54, 1.807) is 24.7 Å². The lowest BCUT2D eigenvalue weighted by molar-refractivity contribution is 0.0749. The molecule has 2 aromatic rings. The molecule has 0 aromatic carbocycles. The molecule has 0 radical (unpaired) electrons. The van der Waals surface area contributed by atoms with E-state index >= 15 is 0 Å². The van der Waals surface area contributed by atoms with Crippen molar-refractivity contribution in [1.29, 1.82) is 0 Å². The molecule has 5 heteroatoms. The van der Waals surface area contributed by atoms with Crippen LogP contribution < -0.4 is 5.32 Å². The summed E-state index contributed by atoms with van der Waals surface area (Å²) in [6, 6.07) is 7.62. The van der Waals surface area contributed by atoms with Crippen molar-refractivity contribution >= 4 is 11.6 Å². The summed E-state index contributed by atoms with van der Waals surface area (Å²) in [6.45, 7) is 6.41. The Morgan fingerprint density at radius 1 is 1.09 bits per heavy atom. The first-order valence-electron chi connectivity index (χ1n) is 8.12. The van der Waals surface area contributed by atoms with Crippen LogP contribution in [0, 0.1) is 0 Å². The van der Waals surface area contributed by atoms with Gasteiger partial charge in [-0.25, -0.2) is 4.98 Å². The van der Waals surface area contributed by atoms with Crippen LogP contribution in [0.2, 0.25) is 0 Å². The normalized spacial score (nSPS) is 10.3. The second-order valence-corrected chi connectivity index (χ2v) is 5.43. The quantitative estimate of drug-likeness (QED) is 0.812. The van der Waals surface area contributed by atoms with Crippen molar-refractivity contribution in [3.8, 4) is 0 Å². The van der Waals surface area contributed by atoms with Gasteiger partial charge in [-0.15, -0.1) is 0 Å². The number of hydrogen-bond donors (Lipinski definition) is 1. The third-order valence-corrected chi connectivity index (χ3v) is 3.50. The largest absolute Gasteiger partial charge is 0.380 e. The van der Waals surface area contributed by atoms with E-state index in [-0.39, 0.29) is 5.91 Å². The van der Waals surface area contributed by atoms with Crippen molar-refractivity contribution in [1.82, 2.24) is 14.9 Å². The van der Waals surface area contributed by atoms with Gasteiger partial charge in [-0.2, -0.15) is 0 Å². The van der Waals surface area contributed by atoms with E-state index in [2.05, 4.69) is 29.1 Å².